The van der Waals surface area contributed by atoms with E-state index in [2.05, 4.69) is 0 Å². The van der Waals surface area contributed by atoms with Gasteiger partial charge in [0.05, 0.1) is 16.2 Å². The molecule has 1 N–H and O–H groups in total. The maximum Gasteiger partial charge on any atom is 0.417 e. The van der Waals surface area contributed by atoms with E-state index in [0.717, 1.165) is 37.3 Å². The van der Waals surface area contributed by atoms with Gasteiger partial charge in [-0.2, -0.15) is 13.2 Å². The number of rotatable bonds is 3. The van der Waals surface area contributed by atoms with Gasteiger partial charge >= 0.3 is 6.18 Å². The summed E-state index contributed by atoms with van der Waals surface area (Å²) in [4.78, 5) is 13.3. The highest BCUT2D eigenvalue weighted by Gasteiger charge is 2.34. The molecule has 6 heteroatoms. The highest BCUT2D eigenvalue weighted by molar-refractivity contribution is 6.31. The predicted octanol–water partition coefficient (Wildman–Crippen LogP) is 8.03. The van der Waals surface area contributed by atoms with Crippen molar-refractivity contribution in [3.05, 3.63) is 63.9 Å². The van der Waals surface area contributed by atoms with Gasteiger partial charge in [-0.05, 0) is 84.4 Å². The Labute approximate surface area is 191 Å². The van der Waals surface area contributed by atoms with E-state index in [1.54, 1.807) is 18.2 Å². The molecule has 0 aromatic heterocycles. The zero-order valence-electron chi connectivity index (χ0n) is 17.9. The van der Waals surface area contributed by atoms with Gasteiger partial charge in [0, 0.05) is 12.8 Å². The van der Waals surface area contributed by atoms with Crippen LogP contribution in [0.2, 0.25) is 5.02 Å². The number of aryl methyl sites for hydroxylation is 1. The number of aliphatic hydroxyl groups is 1. The molecule has 0 radical (unpaired) electrons. The lowest BCUT2D eigenvalue weighted by atomic mass is 9.79. The van der Waals surface area contributed by atoms with Crippen LogP contribution in [0, 0.1) is 11.8 Å². The molecule has 0 heterocycles. The lowest BCUT2D eigenvalue weighted by Gasteiger charge is -2.26. The van der Waals surface area contributed by atoms with Crippen LogP contribution in [-0.2, 0) is 17.4 Å². The van der Waals surface area contributed by atoms with Crippen molar-refractivity contribution >= 4 is 23.0 Å². The first-order valence-electron chi connectivity index (χ1n) is 11.1. The van der Waals surface area contributed by atoms with Crippen LogP contribution in [0.15, 0.2) is 42.2 Å². The summed E-state index contributed by atoms with van der Waals surface area (Å²) in [6, 6.07) is 9.15. The predicted molar refractivity (Wildman–Crippen MR) is 121 cm³/mol. The van der Waals surface area contributed by atoms with Crippen LogP contribution >= 0.6 is 11.6 Å². The van der Waals surface area contributed by atoms with E-state index in [0.29, 0.717) is 53.4 Å². The van der Waals surface area contributed by atoms with Gasteiger partial charge in [-0.25, -0.2) is 0 Å². The third-order valence-corrected chi connectivity index (χ3v) is 7.18. The molecule has 32 heavy (non-hydrogen) atoms. The number of aliphatic hydroxyl groups excluding tert-OH is 1. The Hall–Kier alpha value is -2.27. The maximum absolute atomic E-state index is 13.4. The summed E-state index contributed by atoms with van der Waals surface area (Å²) in [6.07, 6.45) is 0.986. The topological polar surface area (TPSA) is 37.3 Å². The number of fused-ring (bicyclic) bond motifs is 5. The second-order valence-corrected chi connectivity index (χ2v) is 9.36. The summed E-state index contributed by atoms with van der Waals surface area (Å²) in [7, 11) is 0. The Balaban J connectivity index is 1.83. The van der Waals surface area contributed by atoms with Crippen LogP contribution in [0.4, 0.5) is 13.2 Å². The number of hydrogen-bond acceptors (Lipinski definition) is 2. The zero-order chi connectivity index (χ0) is 23.0. The average Bonchev–Trinajstić information content (AvgIpc) is 2.83. The number of carbonyl (C=O) groups is 1. The molecule has 0 saturated heterocycles. The normalized spacial score (nSPS) is 22.0. The number of hydrogen-bond donors (Lipinski definition) is 1. The fourth-order valence-electron chi connectivity index (χ4n) is 5.07. The van der Waals surface area contributed by atoms with Gasteiger partial charge < -0.3 is 5.11 Å². The molecule has 2 aromatic rings. The Morgan fingerprint density at radius 1 is 0.969 bits per heavy atom. The Kier molecular flexibility index (Phi) is 6.39. The van der Waals surface area contributed by atoms with Crippen molar-refractivity contribution in [2.24, 2.45) is 11.8 Å². The quantitative estimate of drug-likeness (QED) is 0.501. The third kappa shape index (κ3) is 4.59. The minimum atomic E-state index is -4.56. The van der Waals surface area contributed by atoms with Crippen molar-refractivity contribution in [3.8, 4) is 11.1 Å². The van der Waals surface area contributed by atoms with Crippen molar-refractivity contribution in [1.82, 2.24) is 0 Å². The Bertz CT molecular complexity index is 1060. The number of benzene rings is 2. The highest BCUT2D eigenvalue weighted by atomic mass is 35.5. The van der Waals surface area contributed by atoms with Gasteiger partial charge in [0.2, 0.25) is 0 Å². The van der Waals surface area contributed by atoms with Crippen LogP contribution in [0.3, 0.4) is 0 Å². The van der Waals surface area contributed by atoms with Crippen molar-refractivity contribution in [2.75, 3.05) is 0 Å². The number of Topliss-reactive ketones (excluding diaryl/α,β-unsaturated/α-hetero) is 1. The number of halogens is 4. The molecule has 3 aliphatic carbocycles. The monoisotopic (exact) mass is 462 g/mol. The van der Waals surface area contributed by atoms with Gasteiger partial charge in [0.15, 0.2) is 5.78 Å². The molecule has 3 aliphatic rings. The lowest BCUT2D eigenvalue weighted by Crippen LogP contribution is -2.15. The van der Waals surface area contributed by atoms with Gasteiger partial charge in [-0.15, -0.1) is 0 Å². The fourth-order valence-corrected chi connectivity index (χ4v) is 5.29. The molecule has 1 fully saturated rings. The van der Waals surface area contributed by atoms with Crippen LogP contribution in [-0.4, -0.2) is 10.9 Å². The minimum absolute atomic E-state index is 0.0750. The average molecular weight is 463 g/mol. The first kappa shape index (κ1) is 22.9. The summed E-state index contributed by atoms with van der Waals surface area (Å²) in [5.41, 5.74) is 1.87. The van der Waals surface area contributed by atoms with E-state index in [1.165, 1.54) is 6.07 Å². The van der Waals surface area contributed by atoms with E-state index in [4.69, 9.17) is 11.6 Å². The molecule has 170 valence electrons. The molecule has 0 aliphatic heterocycles. The lowest BCUT2D eigenvalue weighted by molar-refractivity contribution is -0.137. The molecule has 1 saturated carbocycles. The Morgan fingerprint density at radius 2 is 1.56 bits per heavy atom. The summed E-state index contributed by atoms with van der Waals surface area (Å²) < 4.78 is 40.1. The van der Waals surface area contributed by atoms with E-state index >= 15 is 0 Å². The van der Waals surface area contributed by atoms with E-state index in [-0.39, 0.29) is 16.6 Å². The number of carbonyl (C=O) groups excluding carboxylic acids is 1. The molecular formula is C26H26ClF3O2. The molecule has 2 nitrogen and oxygen atoms in total. The van der Waals surface area contributed by atoms with Crippen LogP contribution in [0.1, 0.15) is 62.1 Å². The number of allylic oxidation sites excluding steroid dienone is 2. The SMILES string of the molecule is CCc1ccc(-c2ccc(Cl)c(C(F)(F)F)c2)cc1C1=C(O)CC2CCC(CC2)CC1=O. The van der Waals surface area contributed by atoms with Gasteiger partial charge in [0.1, 0.15) is 5.76 Å². The first-order chi connectivity index (χ1) is 15.2. The van der Waals surface area contributed by atoms with Gasteiger partial charge in [-0.3, -0.25) is 4.79 Å². The standard InChI is InChI=1S/C26H26ClF3O2/c1-2-17-7-8-18(19-9-10-22(27)21(14-19)26(28,29)30)13-20(17)25-23(31)11-15-3-4-16(6-5-15)12-24(25)32/h7-10,13-16,31H,2-6,11-12H2,1H3. The van der Waals surface area contributed by atoms with Gasteiger partial charge in [0.25, 0.3) is 0 Å². The summed E-state index contributed by atoms with van der Waals surface area (Å²) >= 11 is 5.78. The highest BCUT2D eigenvalue weighted by Crippen LogP contribution is 2.41. The zero-order valence-corrected chi connectivity index (χ0v) is 18.7. The summed E-state index contributed by atoms with van der Waals surface area (Å²) in [6.45, 7) is 1.96. The van der Waals surface area contributed by atoms with E-state index in [1.807, 2.05) is 13.0 Å². The molecule has 0 spiro atoms. The van der Waals surface area contributed by atoms with Crippen molar-refractivity contribution in [2.45, 2.75) is 58.0 Å². The Morgan fingerprint density at radius 3 is 2.19 bits per heavy atom. The summed E-state index contributed by atoms with van der Waals surface area (Å²) in [5, 5.41) is 10.7. The molecule has 2 aromatic carbocycles. The number of alkyl halides is 3. The van der Waals surface area contributed by atoms with E-state index in [9.17, 15) is 23.1 Å². The number of ketones is 1. The first-order valence-corrected chi connectivity index (χ1v) is 11.5. The smallest absolute Gasteiger partial charge is 0.417 e. The molecule has 0 atom stereocenters. The molecule has 2 bridgehead atoms. The minimum Gasteiger partial charge on any atom is -0.512 e. The largest absolute Gasteiger partial charge is 0.512 e. The second-order valence-electron chi connectivity index (χ2n) is 8.96. The summed E-state index contributed by atoms with van der Waals surface area (Å²) in [5.74, 6) is 0.736. The molecule has 5 rings (SSSR count). The fraction of sp³-hybridized carbons (Fsp3) is 0.423. The van der Waals surface area contributed by atoms with Crippen molar-refractivity contribution < 1.29 is 23.1 Å². The van der Waals surface area contributed by atoms with Crippen LogP contribution < -0.4 is 0 Å². The van der Waals surface area contributed by atoms with Gasteiger partial charge in [-0.1, -0.05) is 36.7 Å². The molecule has 0 amide bonds. The third-order valence-electron chi connectivity index (χ3n) is 6.86. The molecular weight excluding hydrogens is 437 g/mol. The second kappa shape index (κ2) is 8.93. The van der Waals surface area contributed by atoms with Crippen LogP contribution in [0.5, 0.6) is 0 Å². The van der Waals surface area contributed by atoms with Crippen LogP contribution in [0.25, 0.3) is 16.7 Å². The molecule has 0 unspecified atom stereocenters. The van der Waals surface area contributed by atoms with Crippen molar-refractivity contribution in [3.63, 3.8) is 0 Å². The van der Waals surface area contributed by atoms with Crippen molar-refractivity contribution in [1.29, 1.82) is 0 Å². The van der Waals surface area contributed by atoms with E-state index < -0.39 is 11.7 Å². The maximum atomic E-state index is 13.4.